The molecular formula is C25H28ClF3N4O4. The van der Waals surface area contributed by atoms with Crippen molar-refractivity contribution in [2.45, 2.75) is 32.0 Å². The first-order valence-electron chi connectivity index (χ1n) is 11.2. The van der Waals surface area contributed by atoms with Crippen LogP contribution in [0.4, 0.5) is 13.2 Å². The summed E-state index contributed by atoms with van der Waals surface area (Å²) in [6.07, 6.45) is -4.22. The number of ether oxygens (including phenoxy) is 1. The molecule has 37 heavy (non-hydrogen) atoms. The Kier molecular flexibility index (Phi) is 11.1. The van der Waals surface area contributed by atoms with E-state index in [1.807, 2.05) is 0 Å². The van der Waals surface area contributed by atoms with Crippen LogP contribution in [0.3, 0.4) is 0 Å². The van der Waals surface area contributed by atoms with Crippen LogP contribution in [0, 0.1) is 0 Å². The Balaban J connectivity index is 2.30. The molecule has 0 bridgehead atoms. The number of nitrogens with zero attached hydrogens (tertiary/aromatic N) is 2. The third-order valence-corrected chi connectivity index (χ3v) is 5.47. The lowest BCUT2D eigenvalue weighted by molar-refractivity contribution is -0.138. The molecule has 0 radical (unpaired) electrons. The standard InChI is InChI=1S/C25H28ClF3N4O4/c1-16(17-9-11-20(26)12-10-17)32-33(22(35)8-5-13-37-3)15-21(34)31-23(24(36)30-2)18-6-4-7-19(14-18)25(27,28)29/h4,6-7,9-12,14,23H,5,8,13,15H2,1-3H3,(H,30,36)(H,31,34)/b32-16+. The summed E-state index contributed by atoms with van der Waals surface area (Å²) in [7, 11) is 2.78. The number of benzene rings is 2. The molecule has 200 valence electrons. The second-order valence-corrected chi connectivity index (χ2v) is 8.41. The van der Waals surface area contributed by atoms with Crippen molar-refractivity contribution in [1.29, 1.82) is 0 Å². The van der Waals surface area contributed by atoms with Crippen molar-refractivity contribution in [2.24, 2.45) is 5.10 Å². The highest BCUT2D eigenvalue weighted by atomic mass is 35.5. The first kappa shape index (κ1) is 29.8. The number of methoxy groups -OCH3 is 1. The number of hydrazone groups is 1. The average Bonchev–Trinajstić information content (AvgIpc) is 2.86. The van der Waals surface area contributed by atoms with Gasteiger partial charge in [-0.25, -0.2) is 5.01 Å². The highest BCUT2D eigenvalue weighted by molar-refractivity contribution is 6.30. The molecule has 2 aromatic carbocycles. The second-order valence-electron chi connectivity index (χ2n) is 7.98. The summed E-state index contributed by atoms with van der Waals surface area (Å²) in [4.78, 5) is 38.2. The molecule has 2 N–H and O–H groups in total. The predicted molar refractivity (Wildman–Crippen MR) is 133 cm³/mol. The molecule has 0 aliphatic rings. The van der Waals surface area contributed by atoms with Gasteiger partial charge in [0.05, 0.1) is 11.3 Å². The highest BCUT2D eigenvalue weighted by Crippen LogP contribution is 2.30. The van der Waals surface area contributed by atoms with Gasteiger partial charge in [-0.1, -0.05) is 35.9 Å². The first-order valence-corrected chi connectivity index (χ1v) is 11.6. The van der Waals surface area contributed by atoms with E-state index >= 15 is 0 Å². The van der Waals surface area contributed by atoms with E-state index in [0.29, 0.717) is 29.3 Å². The number of amides is 3. The molecule has 1 unspecified atom stereocenters. The van der Waals surface area contributed by atoms with E-state index in [-0.39, 0.29) is 12.0 Å². The van der Waals surface area contributed by atoms with Crippen molar-refractivity contribution in [1.82, 2.24) is 15.6 Å². The quantitative estimate of drug-likeness (QED) is 0.256. The van der Waals surface area contributed by atoms with Crippen LogP contribution in [0.15, 0.2) is 53.6 Å². The van der Waals surface area contributed by atoms with Crippen molar-refractivity contribution in [3.05, 3.63) is 70.2 Å². The SMILES string of the molecule is CNC(=O)C(NC(=O)CN(/N=C(\C)c1ccc(Cl)cc1)C(=O)CCCOC)c1cccc(C(F)(F)F)c1. The zero-order chi connectivity index (χ0) is 27.6. The van der Waals surface area contributed by atoms with Gasteiger partial charge in [-0.15, -0.1) is 0 Å². The monoisotopic (exact) mass is 540 g/mol. The van der Waals surface area contributed by atoms with Crippen LogP contribution < -0.4 is 10.6 Å². The van der Waals surface area contributed by atoms with E-state index in [0.717, 1.165) is 23.2 Å². The zero-order valence-electron chi connectivity index (χ0n) is 20.6. The summed E-state index contributed by atoms with van der Waals surface area (Å²) in [6.45, 7) is 1.40. The second kappa shape index (κ2) is 13.8. The Morgan fingerprint density at radius 3 is 2.41 bits per heavy atom. The number of halogens is 4. The average molecular weight is 541 g/mol. The van der Waals surface area contributed by atoms with Crippen LogP contribution >= 0.6 is 11.6 Å². The Morgan fingerprint density at radius 1 is 1.14 bits per heavy atom. The Hall–Kier alpha value is -3.44. The third kappa shape index (κ3) is 9.18. The fourth-order valence-electron chi connectivity index (χ4n) is 3.29. The van der Waals surface area contributed by atoms with Crippen LogP contribution in [0.25, 0.3) is 0 Å². The van der Waals surface area contributed by atoms with Crippen molar-refractivity contribution in [3.8, 4) is 0 Å². The molecule has 12 heteroatoms. The fraction of sp³-hybridized carbons (Fsp3) is 0.360. The Bertz CT molecular complexity index is 1120. The molecule has 2 rings (SSSR count). The number of carbonyl (C=O) groups is 3. The lowest BCUT2D eigenvalue weighted by Crippen LogP contribution is -2.44. The van der Waals surface area contributed by atoms with E-state index in [1.54, 1.807) is 31.2 Å². The zero-order valence-corrected chi connectivity index (χ0v) is 21.3. The molecule has 1 atom stereocenters. The number of nitrogens with one attached hydrogen (secondary N) is 2. The van der Waals surface area contributed by atoms with Gasteiger partial charge in [0.2, 0.25) is 17.7 Å². The topological polar surface area (TPSA) is 100 Å². The molecule has 0 aromatic heterocycles. The van der Waals surface area contributed by atoms with Crippen molar-refractivity contribution in [2.75, 3.05) is 27.3 Å². The lowest BCUT2D eigenvalue weighted by atomic mass is 10.0. The summed E-state index contributed by atoms with van der Waals surface area (Å²) < 4.78 is 44.5. The molecule has 0 heterocycles. The van der Waals surface area contributed by atoms with Gasteiger partial charge in [-0.05, 0) is 48.7 Å². The largest absolute Gasteiger partial charge is 0.416 e. The molecular weight excluding hydrogens is 513 g/mol. The predicted octanol–water partition coefficient (Wildman–Crippen LogP) is 3.94. The maximum absolute atomic E-state index is 13.2. The molecule has 2 aromatic rings. The van der Waals surface area contributed by atoms with Gasteiger partial charge in [0.15, 0.2) is 0 Å². The molecule has 0 saturated heterocycles. The fourth-order valence-corrected chi connectivity index (χ4v) is 3.41. The van der Waals surface area contributed by atoms with Gasteiger partial charge in [-0.3, -0.25) is 14.4 Å². The number of carbonyl (C=O) groups excluding carboxylic acids is 3. The lowest BCUT2D eigenvalue weighted by Gasteiger charge is -2.22. The molecule has 3 amide bonds. The Labute approximate surface area is 217 Å². The maximum atomic E-state index is 13.2. The van der Waals surface area contributed by atoms with Gasteiger partial charge >= 0.3 is 6.18 Å². The molecule has 0 aliphatic heterocycles. The summed E-state index contributed by atoms with van der Waals surface area (Å²) in [6, 6.07) is 9.36. The van der Waals surface area contributed by atoms with Gasteiger partial charge < -0.3 is 15.4 Å². The minimum absolute atomic E-state index is 0.0328. The smallest absolute Gasteiger partial charge is 0.385 e. The maximum Gasteiger partial charge on any atom is 0.416 e. The van der Waals surface area contributed by atoms with Gasteiger partial charge in [0.25, 0.3) is 0 Å². The third-order valence-electron chi connectivity index (χ3n) is 5.21. The summed E-state index contributed by atoms with van der Waals surface area (Å²) in [5.74, 6) is -2.00. The van der Waals surface area contributed by atoms with E-state index < -0.39 is 42.0 Å². The Morgan fingerprint density at radius 2 is 1.81 bits per heavy atom. The summed E-state index contributed by atoms with van der Waals surface area (Å²) >= 11 is 5.92. The molecule has 8 nitrogen and oxygen atoms in total. The number of hydrogen-bond donors (Lipinski definition) is 2. The minimum Gasteiger partial charge on any atom is -0.385 e. The highest BCUT2D eigenvalue weighted by Gasteiger charge is 2.32. The molecule has 0 fully saturated rings. The van der Waals surface area contributed by atoms with Crippen LogP contribution in [0.5, 0.6) is 0 Å². The van der Waals surface area contributed by atoms with Crippen molar-refractivity contribution < 1.29 is 32.3 Å². The normalized spacial score (nSPS) is 12.6. The van der Waals surface area contributed by atoms with E-state index in [1.165, 1.54) is 20.2 Å². The molecule has 0 saturated carbocycles. The van der Waals surface area contributed by atoms with Crippen molar-refractivity contribution >= 4 is 35.0 Å². The van der Waals surface area contributed by atoms with Gasteiger partial charge in [-0.2, -0.15) is 18.3 Å². The number of rotatable bonds is 11. The van der Waals surface area contributed by atoms with E-state index in [9.17, 15) is 27.6 Å². The number of hydrogen-bond acceptors (Lipinski definition) is 5. The van der Waals surface area contributed by atoms with Crippen LogP contribution in [0.1, 0.15) is 42.5 Å². The molecule has 0 spiro atoms. The first-order chi connectivity index (χ1) is 17.5. The summed E-state index contributed by atoms with van der Waals surface area (Å²) in [5.41, 5.74) is 0.0459. The van der Waals surface area contributed by atoms with Crippen molar-refractivity contribution in [3.63, 3.8) is 0 Å². The summed E-state index contributed by atoms with van der Waals surface area (Å²) in [5, 5.41) is 10.5. The van der Waals surface area contributed by atoms with Crippen LogP contribution in [-0.4, -0.2) is 55.8 Å². The van der Waals surface area contributed by atoms with E-state index in [2.05, 4.69) is 15.7 Å². The number of likely N-dealkylation sites (N-methyl/N-ethyl adjacent to an activating group) is 1. The van der Waals surface area contributed by atoms with Crippen LogP contribution in [0.2, 0.25) is 5.02 Å². The number of alkyl halides is 3. The molecule has 0 aliphatic carbocycles. The van der Waals surface area contributed by atoms with E-state index in [4.69, 9.17) is 16.3 Å². The van der Waals surface area contributed by atoms with Gasteiger partial charge in [0, 0.05) is 32.2 Å². The minimum atomic E-state index is -4.63. The van der Waals surface area contributed by atoms with Crippen LogP contribution in [-0.2, 0) is 25.3 Å². The van der Waals surface area contributed by atoms with Gasteiger partial charge in [0.1, 0.15) is 12.6 Å².